The molecular formula is C21H22N2O4. The molecule has 1 heterocycles. The van der Waals surface area contributed by atoms with Crippen LogP contribution in [0.3, 0.4) is 0 Å². The number of hydrogen-bond acceptors (Lipinski definition) is 4. The van der Waals surface area contributed by atoms with Crippen LogP contribution in [0.25, 0.3) is 10.8 Å². The summed E-state index contributed by atoms with van der Waals surface area (Å²) in [5.41, 5.74) is 0.890. The van der Waals surface area contributed by atoms with Crippen molar-refractivity contribution in [3.63, 3.8) is 0 Å². The number of furan rings is 1. The molecule has 3 aromatic rings. The number of carbonyl (C=O) groups excluding carboxylic acids is 2. The van der Waals surface area contributed by atoms with Crippen LogP contribution < -0.4 is 15.4 Å². The number of methoxy groups -OCH3 is 1. The third-order valence-electron chi connectivity index (χ3n) is 4.43. The monoisotopic (exact) mass is 366 g/mol. The highest BCUT2D eigenvalue weighted by molar-refractivity contribution is 5.90. The average Bonchev–Trinajstić information content (AvgIpc) is 3.22. The van der Waals surface area contributed by atoms with Crippen molar-refractivity contribution in [2.45, 2.75) is 19.4 Å². The largest absolute Gasteiger partial charge is 0.497 e. The van der Waals surface area contributed by atoms with Gasteiger partial charge in [-0.25, -0.2) is 0 Å². The Morgan fingerprint density at radius 1 is 1.07 bits per heavy atom. The Hall–Kier alpha value is -3.28. The van der Waals surface area contributed by atoms with Crippen molar-refractivity contribution in [3.8, 4) is 5.75 Å². The van der Waals surface area contributed by atoms with Gasteiger partial charge in [-0.05, 0) is 47.5 Å². The first kappa shape index (κ1) is 18.5. The van der Waals surface area contributed by atoms with Gasteiger partial charge in [-0.15, -0.1) is 0 Å². The molecule has 0 aliphatic rings. The third kappa shape index (κ3) is 4.67. The normalized spacial score (nSPS) is 11.8. The fourth-order valence-corrected chi connectivity index (χ4v) is 2.77. The second-order valence-corrected chi connectivity index (χ2v) is 6.27. The lowest BCUT2D eigenvalue weighted by Gasteiger charge is -2.13. The van der Waals surface area contributed by atoms with E-state index in [1.165, 1.54) is 0 Å². The number of fused-ring (bicyclic) bond motifs is 1. The van der Waals surface area contributed by atoms with Crippen LogP contribution in [0.15, 0.2) is 59.2 Å². The van der Waals surface area contributed by atoms with Gasteiger partial charge in [-0.1, -0.05) is 24.3 Å². The predicted molar refractivity (Wildman–Crippen MR) is 102 cm³/mol. The van der Waals surface area contributed by atoms with Crippen LogP contribution in [0.2, 0.25) is 0 Å². The Morgan fingerprint density at radius 3 is 2.59 bits per heavy atom. The molecule has 2 N–H and O–H groups in total. The smallest absolute Gasteiger partial charge is 0.239 e. The summed E-state index contributed by atoms with van der Waals surface area (Å²) in [5, 5.41) is 7.45. The highest BCUT2D eigenvalue weighted by Gasteiger charge is 2.16. The van der Waals surface area contributed by atoms with E-state index in [0.717, 1.165) is 22.1 Å². The minimum atomic E-state index is -0.366. The lowest BCUT2D eigenvalue weighted by atomic mass is 9.97. The molecule has 0 fully saturated rings. The van der Waals surface area contributed by atoms with Gasteiger partial charge in [0.05, 0.1) is 32.4 Å². The van der Waals surface area contributed by atoms with Gasteiger partial charge in [-0.3, -0.25) is 9.59 Å². The quantitative estimate of drug-likeness (QED) is 0.674. The summed E-state index contributed by atoms with van der Waals surface area (Å²) < 4.78 is 10.4. The summed E-state index contributed by atoms with van der Waals surface area (Å²) in [4.78, 5) is 24.2. The van der Waals surface area contributed by atoms with Gasteiger partial charge in [-0.2, -0.15) is 0 Å². The number of ether oxygens (including phenoxy) is 1. The summed E-state index contributed by atoms with van der Waals surface area (Å²) in [6.07, 6.45) is 1.55. The first-order valence-electron chi connectivity index (χ1n) is 8.71. The molecule has 0 spiro atoms. The lowest BCUT2D eigenvalue weighted by molar-refractivity contribution is -0.126. The summed E-state index contributed by atoms with van der Waals surface area (Å²) in [6, 6.07) is 15.2. The maximum absolute atomic E-state index is 12.4. The molecule has 0 unspecified atom stereocenters. The molecule has 0 saturated heterocycles. The summed E-state index contributed by atoms with van der Waals surface area (Å²) in [6.45, 7) is 2.04. The molecule has 0 bridgehead atoms. The van der Waals surface area contributed by atoms with Crippen LogP contribution in [0, 0.1) is 0 Å². The predicted octanol–water partition coefficient (Wildman–Crippen LogP) is 2.98. The second-order valence-electron chi connectivity index (χ2n) is 6.27. The Morgan fingerprint density at radius 2 is 1.85 bits per heavy atom. The summed E-state index contributed by atoms with van der Waals surface area (Å²) >= 11 is 0. The van der Waals surface area contributed by atoms with E-state index in [4.69, 9.17) is 9.15 Å². The molecule has 3 rings (SSSR count). The second kappa shape index (κ2) is 8.40. The van der Waals surface area contributed by atoms with Crippen molar-refractivity contribution >= 4 is 22.6 Å². The Labute approximate surface area is 157 Å². The SMILES string of the molecule is COc1ccc2cc([C@H](C)C(=O)NCC(=O)NCc3ccco3)ccc2c1. The first-order valence-corrected chi connectivity index (χ1v) is 8.71. The van der Waals surface area contributed by atoms with E-state index in [1.54, 1.807) is 25.5 Å². The summed E-state index contributed by atoms with van der Waals surface area (Å²) in [7, 11) is 1.63. The van der Waals surface area contributed by atoms with Crippen LogP contribution in [-0.2, 0) is 16.1 Å². The topological polar surface area (TPSA) is 80.6 Å². The molecule has 2 amide bonds. The van der Waals surface area contributed by atoms with E-state index in [1.807, 2.05) is 43.3 Å². The minimum absolute atomic E-state index is 0.0747. The molecule has 0 radical (unpaired) electrons. The molecule has 140 valence electrons. The average molecular weight is 366 g/mol. The van der Waals surface area contributed by atoms with Crippen molar-refractivity contribution in [2.75, 3.05) is 13.7 Å². The Bertz CT molecular complexity index is 935. The fraction of sp³-hybridized carbons (Fsp3) is 0.238. The molecule has 0 saturated carbocycles. The number of amides is 2. The number of rotatable bonds is 7. The highest BCUT2D eigenvalue weighted by Crippen LogP contribution is 2.25. The van der Waals surface area contributed by atoms with Crippen molar-refractivity contribution < 1.29 is 18.7 Å². The maximum atomic E-state index is 12.4. The van der Waals surface area contributed by atoms with Gasteiger partial charge in [0.15, 0.2) is 0 Å². The minimum Gasteiger partial charge on any atom is -0.497 e. The van der Waals surface area contributed by atoms with E-state index in [0.29, 0.717) is 12.3 Å². The van der Waals surface area contributed by atoms with Crippen LogP contribution in [0.1, 0.15) is 24.2 Å². The van der Waals surface area contributed by atoms with Gasteiger partial charge in [0.1, 0.15) is 11.5 Å². The van der Waals surface area contributed by atoms with Crippen LogP contribution >= 0.6 is 0 Å². The van der Waals surface area contributed by atoms with Crippen molar-refractivity contribution in [1.29, 1.82) is 0 Å². The van der Waals surface area contributed by atoms with Gasteiger partial charge in [0.25, 0.3) is 0 Å². The zero-order valence-corrected chi connectivity index (χ0v) is 15.3. The number of benzene rings is 2. The van der Waals surface area contributed by atoms with Gasteiger partial charge in [0, 0.05) is 0 Å². The standard InChI is InChI=1S/C21H22N2O4/c1-14(15-5-6-17-11-18(26-2)8-7-16(17)10-15)21(25)23-13-20(24)22-12-19-4-3-9-27-19/h3-11,14H,12-13H2,1-2H3,(H,22,24)(H,23,25)/t14-/m0/s1. The molecular weight excluding hydrogens is 344 g/mol. The van der Waals surface area contributed by atoms with Crippen LogP contribution in [-0.4, -0.2) is 25.5 Å². The molecule has 1 atom stereocenters. The lowest BCUT2D eigenvalue weighted by Crippen LogP contribution is -2.38. The van der Waals surface area contributed by atoms with E-state index < -0.39 is 0 Å². The number of nitrogens with one attached hydrogen (secondary N) is 2. The van der Waals surface area contributed by atoms with Crippen molar-refractivity contribution in [2.24, 2.45) is 0 Å². The molecule has 0 aliphatic carbocycles. The zero-order valence-electron chi connectivity index (χ0n) is 15.3. The van der Waals surface area contributed by atoms with Crippen LogP contribution in [0.5, 0.6) is 5.75 Å². The molecule has 0 aliphatic heterocycles. The molecule has 6 heteroatoms. The van der Waals surface area contributed by atoms with Gasteiger partial charge < -0.3 is 19.8 Å². The van der Waals surface area contributed by atoms with Gasteiger partial charge >= 0.3 is 0 Å². The third-order valence-corrected chi connectivity index (χ3v) is 4.43. The van der Waals surface area contributed by atoms with E-state index >= 15 is 0 Å². The van der Waals surface area contributed by atoms with E-state index in [2.05, 4.69) is 10.6 Å². The maximum Gasteiger partial charge on any atom is 0.239 e. The Balaban J connectivity index is 1.56. The highest BCUT2D eigenvalue weighted by atomic mass is 16.5. The van der Waals surface area contributed by atoms with E-state index in [9.17, 15) is 9.59 Å². The summed E-state index contributed by atoms with van der Waals surface area (Å²) in [5.74, 6) is 0.625. The van der Waals surface area contributed by atoms with Crippen molar-refractivity contribution in [3.05, 3.63) is 66.1 Å². The zero-order chi connectivity index (χ0) is 19.2. The molecule has 2 aromatic carbocycles. The number of carbonyl (C=O) groups is 2. The van der Waals surface area contributed by atoms with Gasteiger partial charge in [0.2, 0.25) is 11.8 Å². The molecule has 6 nitrogen and oxygen atoms in total. The van der Waals surface area contributed by atoms with E-state index in [-0.39, 0.29) is 24.3 Å². The molecule has 1 aromatic heterocycles. The number of hydrogen-bond donors (Lipinski definition) is 2. The fourth-order valence-electron chi connectivity index (χ4n) is 2.77. The van der Waals surface area contributed by atoms with Crippen LogP contribution in [0.4, 0.5) is 0 Å². The Kier molecular flexibility index (Phi) is 5.76. The molecule has 27 heavy (non-hydrogen) atoms. The van der Waals surface area contributed by atoms with Crippen molar-refractivity contribution in [1.82, 2.24) is 10.6 Å². The first-order chi connectivity index (χ1) is 13.1.